The number of aliphatic hydroxyl groups is 1. The first-order valence-electron chi connectivity index (χ1n) is 7.63. The van der Waals surface area contributed by atoms with Gasteiger partial charge in [0.05, 0.1) is 6.10 Å². The van der Waals surface area contributed by atoms with Crippen molar-refractivity contribution in [2.24, 2.45) is 0 Å². The lowest BCUT2D eigenvalue weighted by Gasteiger charge is -2.27. The van der Waals surface area contributed by atoms with Gasteiger partial charge in [-0.2, -0.15) is 0 Å². The van der Waals surface area contributed by atoms with Gasteiger partial charge in [-0.05, 0) is 43.6 Å². The van der Waals surface area contributed by atoms with Crippen LogP contribution < -0.4 is 9.47 Å². The zero-order valence-corrected chi connectivity index (χ0v) is 11.9. The van der Waals surface area contributed by atoms with Gasteiger partial charge in [0, 0.05) is 6.54 Å². The first-order chi connectivity index (χ1) is 9.83. The molecule has 2 heterocycles. The molecule has 4 nitrogen and oxygen atoms in total. The van der Waals surface area contributed by atoms with E-state index in [1.54, 1.807) is 0 Å². The minimum absolute atomic E-state index is 0.279. The van der Waals surface area contributed by atoms with Crippen LogP contribution in [0, 0.1) is 0 Å². The number of β-amino-alcohol motifs (C(OH)–C–C–N with tert-alkyl or cyclic N) is 1. The van der Waals surface area contributed by atoms with Gasteiger partial charge in [-0.1, -0.05) is 25.3 Å². The van der Waals surface area contributed by atoms with E-state index in [1.165, 1.54) is 32.1 Å². The van der Waals surface area contributed by atoms with Crippen LogP contribution in [0.3, 0.4) is 0 Å². The third-order valence-corrected chi connectivity index (χ3v) is 4.16. The number of fused-ring (bicyclic) bond motifs is 1. The minimum Gasteiger partial charge on any atom is -0.454 e. The molecule has 1 N–H and O–H groups in total. The number of hydrogen-bond donors (Lipinski definition) is 1. The standard InChI is InChI=1S/C16H23NO3/c18-14(11-17-8-4-2-1-3-5-9-17)13-6-7-15-16(10-13)20-12-19-15/h6-7,10,14,18H,1-5,8-9,11-12H2. The lowest BCUT2D eigenvalue weighted by atomic mass is 10.1. The van der Waals surface area contributed by atoms with Crippen molar-refractivity contribution in [3.05, 3.63) is 23.8 Å². The average Bonchev–Trinajstić information content (AvgIpc) is 2.88. The first-order valence-corrected chi connectivity index (χ1v) is 7.63. The molecule has 1 aromatic rings. The van der Waals surface area contributed by atoms with Crippen LogP contribution in [0.5, 0.6) is 11.5 Å². The molecule has 20 heavy (non-hydrogen) atoms. The van der Waals surface area contributed by atoms with Crippen LogP contribution in [0.1, 0.15) is 43.8 Å². The highest BCUT2D eigenvalue weighted by Crippen LogP contribution is 2.34. The minimum atomic E-state index is -0.455. The van der Waals surface area contributed by atoms with Crippen LogP contribution in [0.25, 0.3) is 0 Å². The maximum Gasteiger partial charge on any atom is 0.231 e. The summed E-state index contributed by atoms with van der Waals surface area (Å²) >= 11 is 0. The summed E-state index contributed by atoms with van der Waals surface area (Å²) in [5.41, 5.74) is 0.913. The van der Waals surface area contributed by atoms with E-state index in [4.69, 9.17) is 9.47 Å². The summed E-state index contributed by atoms with van der Waals surface area (Å²) in [6, 6.07) is 5.72. The number of rotatable bonds is 3. The van der Waals surface area contributed by atoms with Gasteiger partial charge in [-0.3, -0.25) is 0 Å². The van der Waals surface area contributed by atoms with Gasteiger partial charge < -0.3 is 19.5 Å². The molecule has 1 saturated heterocycles. The van der Waals surface area contributed by atoms with E-state index < -0.39 is 6.10 Å². The van der Waals surface area contributed by atoms with Gasteiger partial charge in [-0.15, -0.1) is 0 Å². The smallest absolute Gasteiger partial charge is 0.231 e. The summed E-state index contributed by atoms with van der Waals surface area (Å²) < 4.78 is 10.7. The van der Waals surface area contributed by atoms with E-state index in [2.05, 4.69) is 4.90 Å². The Hall–Kier alpha value is -1.26. The molecule has 0 bridgehead atoms. The van der Waals surface area contributed by atoms with Crippen molar-refractivity contribution < 1.29 is 14.6 Å². The van der Waals surface area contributed by atoms with Crippen molar-refractivity contribution >= 4 is 0 Å². The molecule has 0 spiro atoms. The molecule has 0 aliphatic carbocycles. The molecular weight excluding hydrogens is 254 g/mol. The second kappa shape index (κ2) is 6.46. The first kappa shape index (κ1) is 13.7. The third-order valence-electron chi connectivity index (χ3n) is 4.16. The van der Waals surface area contributed by atoms with Crippen LogP contribution in [0.2, 0.25) is 0 Å². The fourth-order valence-electron chi connectivity index (χ4n) is 2.97. The van der Waals surface area contributed by atoms with Crippen LogP contribution in [0.4, 0.5) is 0 Å². The monoisotopic (exact) mass is 277 g/mol. The number of benzene rings is 1. The van der Waals surface area contributed by atoms with Crippen molar-refractivity contribution in [1.29, 1.82) is 0 Å². The van der Waals surface area contributed by atoms with Crippen LogP contribution in [-0.4, -0.2) is 36.4 Å². The molecule has 1 atom stereocenters. The van der Waals surface area contributed by atoms with E-state index >= 15 is 0 Å². The van der Waals surface area contributed by atoms with Gasteiger partial charge >= 0.3 is 0 Å². The van der Waals surface area contributed by atoms with E-state index in [9.17, 15) is 5.11 Å². The highest BCUT2D eigenvalue weighted by atomic mass is 16.7. The molecule has 1 aromatic carbocycles. The van der Waals surface area contributed by atoms with Crippen molar-refractivity contribution in [2.45, 2.75) is 38.2 Å². The zero-order valence-electron chi connectivity index (χ0n) is 11.9. The Labute approximate surface area is 120 Å². The third kappa shape index (κ3) is 3.25. The number of aliphatic hydroxyl groups excluding tert-OH is 1. The number of hydrogen-bond acceptors (Lipinski definition) is 4. The Bertz CT molecular complexity index is 441. The Kier molecular flexibility index (Phi) is 4.43. The van der Waals surface area contributed by atoms with Crippen LogP contribution >= 0.6 is 0 Å². The number of likely N-dealkylation sites (tertiary alicyclic amines) is 1. The van der Waals surface area contributed by atoms with E-state index in [-0.39, 0.29) is 6.79 Å². The number of ether oxygens (including phenoxy) is 2. The van der Waals surface area contributed by atoms with Gasteiger partial charge in [0.25, 0.3) is 0 Å². The molecule has 2 aliphatic heterocycles. The van der Waals surface area contributed by atoms with E-state index in [0.717, 1.165) is 30.2 Å². The van der Waals surface area contributed by atoms with Crippen molar-refractivity contribution in [3.8, 4) is 11.5 Å². The van der Waals surface area contributed by atoms with Crippen molar-refractivity contribution in [1.82, 2.24) is 4.90 Å². The molecule has 3 rings (SSSR count). The maximum atomic E-state index is 10.4. The molecule has 110 valence electrons. The lowest BCUT2D eigenvalue weighted by molar-refractivity contribution is 0.107. The maximum absolute atomic E-state index is 10.4. The quantitative estimate of drug-likeness (QED) is 0.922. The molecule has 0 radical (unpaired) electrons. The Morgan fingerprint density at radius 1 is 1.00 bits per heavy atom. The summed E-state index contributed by atoms with van der Waals surface area (Å²) in [6.07, 6.45) is 6.02. The SMILES string of the molecule is OC(CN1CCCCCCC1)c1ccc2c(c1)OCO2. The second-order valence-corrected chi connectivity index (χ2v) is 5.70. The van der Waals surface area contributed by atoms with Crippen LogP contribution in [0.15, 0.2) is 18.2 Å². The highest BCUT2D eigenvalue weighted by molar-refractivity contribution is 5.45. The van der Waals surface area contributed by atoms with Gasteiger partial charge in [-0.25, -0.2) is 0 Å². The molecular formula is C16H23NO3. The molecule has 2 aliphatic rings. The van der Waals surface area contributed by atoms with Gasteiger partial charge in [0.15, 0.2) is 11.5 Å². The summed E-state index contributed by atoms with van der Waals surface area (Å²) in [4.78, 5) is 2.38. The Morgan fingerprint density at radius 3 is 2.50 bits per heavy atom. The summed E-state index contributed by atoms with van der Waals surface area (Å²) in [6.45, 7) is 3.18. The molecule has 0 amide bonds. The normalized spacial score (nSPS) is 21.2. The molecule has 4 heteroatoms. The Balaban J connectivity index is 1.61. The van der Waals surface area contributed by atoms with E-state index in [0.29, 0.717) is 6.54 Å². The van der Waals surface area contributed by atoms with Gasteiger partial charge in [0.1, 0.15) is 0 Å². The van der Waals surface area contributed by atoms with Crippen molar-refractivity contribution in [2.75, 3.05) is 26.4 Å². The van der Waals surface area contributed by atoms with Gasteiger partial charge in [0.2, 0.25) is 6.79 Å². The molecule has 1 unspecified atom stereocenters. The molecule has 0 saturated carbocycles. The molecule has 0 aromatic heterocycles. The lowest BCUT2D eigenvalue weighted by Crippen LogP contribution is -2.31. The van der Waals surface area contributed by atoms with Crippen molar-refractivity contribution in [3.63, 3.8) is 0 Å². The Morgan fingerprint density at radius 2 is 1.70 bits per heavy atom. The summed E-state index contributed by atoms with van der Waals surface area (Å²) in [7, 11) is 0. The van der Waals surface area contributed by atoms with Crippen LogP contribution in [-0.2, 0) is 0 Å². The largest absolute Gasteiger partial charge is 0.454 e. The fourth-order valence-corrected chi connectivity index (χ4v) is 2.97. The fraction of sp³-hybridized carbons (Fsp3) is 0.625. The number of nitrogens with zero attached hydrogens (tertiary/aromatic N) is 1. The zero-order chi connectivity index (χ0) is 13.8. The van der Waals surface area contributed by atoms with E-state index in [1.807, 2.05) is 18.2 Å². The topological polar surface area (TPSA) is 41.9 Å². The predicted molar refractivity (Wildman–Crippen MR) is 77.0 cm³/mol. The highest BCUT2D eigenvalue weighted by Gasteiger charge is 2.19. The summed E-state index contributed by atoms with van der Waals surface area (Å²) in [5, 5.41) is 10.4. The summed E-state index contributed by atoms with van der Waals surface area (Å²) in [5.74, 6) is 1.52. The second-order valence-electron chi connectivity index (χ2n) is 5.70. The molecule has 1 fully saturated rings. The predicted octanol–water partition coefficient (Wildman–Crippen LogP) is 2.71. The average molecular weight is 277 g/mol.